The number of pyridine rings is 1. The highest BCUT2D eigenvalue weighted by Crippen LogP contribution is 2.30. The summed E-state index contributed by atoms with van der Waals surface area (Å²) in [5.41, 5.74) is 8.57. The number of hydrogen-bond acceptors (Lipinski definition) is 4. The van der Waals surface area contributed by atoms with Crippen LogP contribution in [0.5, 0.6) is 5.75 Å². The summed E-state index contributed by atoms with van der Waals surface area (Å²) in [5, 5.41) is 0. The smallest absolute Gasteiger partial charge is 0.130 e. The van der Waals surface area contributed by atoms with Gasteiger partial charge < -0.3 is 10.5 Å². The Morgan fingerprint density at radius 3 is 2.68 bits per heavy atom. The van der Waals surface area contributed by atoms with Gasteiger partial charge in [-0.25, -0.2) is 0 Å². The average Bonchev–Trinajstić information content (AvgIpc) is 2.58. The van der Waals surface area contributed by atoms with Gasteiger partial charge in [0.2, 0.25) is 0 Å². The van der Waals surface area contributed by atoms with Crippen molar-refractivity contribution in [2.45, 2.75) is 39.5 Å². The van der Waals surface area contributed by atoms with Gasteiger partial charge in [-0.05, 0) is 30.0 Å². The van der Waals surface area contributed by atoms with E-state index in [0.29, 0.717) is 6.61 Å². The molecule has 1 saturated heterocycles. The molecule has 1 unspecified atom stereocenters. The van der Waals surface area contributed by atoms with Gasteiger partial charge in [0.05, 0.1) is 5.69 Å². The number of benzene rings is 1. The minimum atomic E-state index is 0. The van der Waals surface area contributed by atoms with Crippen molar-refractivity contribution in [1.29, 1.82) is 0 Å². The molecule has 2 aromatic rings. The van der Waals surface area contributed by atoms with Gasteiger partial charge in [0, 0.05) is 37.4 Å². The third-order valence-corrected chi connectivity index (χ3v) is 4.86. The molecule has 0 bridgehead atoms. The first-order valence-electron chi connectivity index (χ1n) is 8.63. The largest absolute Gasteiger partial charge is 0.487 e. The van der Waals surface area contributed by atoms with Crippen molar-refractivity contribution in [1.82, 2.24) is 9.88 Å². The molecular weight excluding hydrogens is 334 g/mol. The summed E-state index contributed by atoms with van der Waals surface area (Å²) >= 11 is 0. The summed E-state index contributed by atoms with van der Waals surface area (Å²) in [4.78, 5) is 6.80. The molecule has 3 rings (SSSR count). The number of nitrogens with two attached hydrogens (primary N) is 1. The second kappa shape index (κ2) is 8.65. The number of ether oxygens (including phenoxy) is 1. The lowest BCUT2D eigenvalue weighted by atomic mass is 9.79. The molecule has 0 spiro atoms. The van der Waals surface area contributed by atoms with Gasteiger partial charge in [0.25, 0.3) is 0 Å². The van der Waals surface area contributed by atoms with Crippen molar-refractivity contribution < 1.29 is 4.74 Å². The van der Waals surface area contributed by atoms with Gasteiger partial charge in [0.1, 0.15) is 12.4 Å². The number of nitrogens with zero attached hydrogens (tertiary/aromatic N) is 2. The molecule has 0 aliphatic carbocycles. The van der Waals surface area contributed by atoms with E-state index in [2.05, 4.69) is 35.9 Å². The molecule has 25 heavy (non-hydrogen) atoms. The summed E-state index contributed by atoms with van der Waals surface area (Å²) in [5.74, 6) is 0.941. The minimum Gasteiger partial charge on any atom is -0.487 e. The summed E-state index contributed by atoms with van der Waals surface area (Å²) in [6.45, 7) is 7.96. The monoisotopic (exact) mass is 361 g/mol. The van der Waals surface area contributed by atoms with Gasteiger partial charge in [-0.15, -0.1) is 12.4 Å². The van der Waals surface area contributed by atoms with Gasteiger partial charge in [-0.2, -0.15) is 0 Å². The van der Waals surface area contributed by atoms with Crippen molar-refractivity contribution in [2.75, 3.05) is 13.1 Å². The molecule has 1 aromatic carbocycles. The first-order chi connectivity index (χ1) is 11.5. The van der Waals surface area contributed by atoms with E-state index in [-0.39, 0.29) is 23.9 Å². The minimum absolute atomic E-state index is 0. The van der Waals surface area contributed by atoms with E-state index in [1.165, 1.54) is 5.56 Å². The van der Waals surface area contributed by atoms with Gasteiger partial charge in [0.15, 0.2) is 0 Å². The topological polar surface area (TPSA) is 51.4 Å². The normalized spacial score (nSPS) is 19.9. The van der Waals surface area contributed by atoms with E-state index in [1.807, 2.05) is 30.3 Å². The summed E-state index contributed by atoms with van der Waals surface area (Å²) < 4.78 is 6.02. The molecular formula is C20H28ClN3O. The zero-order valence-electron chi connectivity index (χ0n) is 15.0. The molecule has 1 aliphatic rings. The number of para-hydroxylation sites is 1. The molecule has 4 nitrogen and oxygen atoms in total. The fourth-order valence-electron chi connectivity index (χ4n) is 3.27. The first-order valence-corrected chi connectivity index (χ1v) is 8.63. The third kappa shape index (κ3) is 5.18. The Morgan fingerprint density at radius 2 is 1.96 bits per heavy atom. The van der Waals surface area contributed by atoms with E-state index in [0.717, 1.165) is 37.5 Å². The van der Waals surface area contributed by atoms with Crippen LogP contribution in [0.15, 0.2) is 48.7 Å². The molecule has 0 saturated carbocycles. The molecule has 1 atom stereocenters. The zero-order chi connectivity index (χ0) is 17.0. The summed E-state index contributed by atoms with van der Waals surface area (Å²) in [6.07, 6.45) is 2.84. The number of halogens is 1. The predicted octanol–water partition coefficient (Wildman–Crippen LogP) is 3.64. The van der Waals surface area contributed by atoms with E-state index < -0.39 is 0 Å². The maximum absolute atomic E-state index is 6.25. The summed E-state index contributed by atoms with van der Waals surface area (Å²) in [6, 6.07) is 14.4. The Morgan fingerprint density at radius 1 is 1.20 bits per heavy atom. The van der Waals surface area contributed by atoms with Crippen molar-refractivity contribution in [2.24, 2.45) is 11.1 Å². The number of piperidine rings is 1. The lowest BCUT2D eigenvalue weighted by Crippen LogP contribution is -2.52. The lowest BCUT2D eigenvalue weighted by Gasteiger charge is -2.42. The molecule has 2 heterocycles. The molecule has 0 radical (unpaired) electrons. The van der Waals surface area contributed by atoms with E-state index >= 15 is 0 Å². The summed E-state index contributed by atoms with van der Waals surface area (Å²) in [7, 11) is 0. The predicted molar refractivity (Wildman–Crippen MR) is 104 cm³/mol. The molecule has 0 amide bonds. The van der Waals surface area contributed by atoms with Gasteiger partial charge >= 0.3 is 0 Å². The van der Waals surface area contributed by atoms with Crippen LogP contribution in [-0.2, 0) is 13.2 Å². The number of aromatic nitrogens is 1. The fourth-order valence-corrected chi connectivity index (χ4v) is 3.27. The van der Waals surface area contributed by atoms with Gasteiger partial charge in [-0.1, -0.05) is 38.1 Å². The van der Waals surface area contributed by atoms with Crippen LogP contribution in [0.3, 0.4) is 0 Å². The third-order valence-electron chi connectivity index (χ3n) is 4.86. The van der Waals surface area contributed by atoms with Crippen molar-refractivity contribution in [3.8, 4) is 5.75 Å². The van der Waals surface area contributed by atoms with Crippen LogP contribution in [-0.4, -0.2) is 29.0 Å². The van der Waals surface area contributed by atoms with E-state index in [4.69, 9.17) is 10.5 Å². The second-order valence-corrected chi connectivity index (χ2v) is 7.31. The Hall–Kier alpha value is -1.62. The molecule has 1 fully saturated rings. The Labute approximate surface area is 156 Å². The zero-order valence-corrected chi connectivity index (χ0v) is 15.8. The fraction of sp³-hybridized carbons (Fsp3) is 0.450. The highest BCUT2D eigenvalue weighted by atomic mass is 35.5. The Bertz CT molecular complexity index is 663. The van der Waals surface area contributed by atoms with Crippen LogP contribution in [0, 0.1) is 5.41 Å². The van der Waals surface area contributed by atoms with E-state index in [1.54, 1.807) is 6.20 Å². The van der Waals surface area contributed by atoms with Crippen LogP contribution < -0.4 is 10.5 Å². The number of likely N-dealkylation sites (tertiary alicyclic amines) is 1. The quantitative estimate of drug-likeness (QED) is 0.883. The Kier molecular flexibility index (Phi) is 6.82. The second-order valence-electron chi connectivity index (χ2n) is 7.31. The Balaban J connectivity index is 0.00000225. The van der Waals surface area contributed by atoms with Gasteiger partial charge in [-0.3, -0.25) is 9.88 Å². The lowest BCUT2D eigenvalue weighted by molar-refractivity contribution is 0.0889. The number of hydrogen-bond donors (Lipinski definition) is 1. The maximum Gasteiger partial charge on any atom is 0.130 e. The molecule has 2 N–H and O–H groups in total. The van der Waals surface area contributed by atoms with Crippen LogP contribution in [0.4, 0.5) is 0 Å². The average molecular weight is 362 g/mol. The highest BCUT2D eigenvalue weighted by Gasteiger charge is 2.33. The SMILES string of the molecule is CC1(C)CN(Cc2ccccc2OCc2ccccn2)CCC1N.Cl. The molecule has 136 valence electrons. The molecule has 1 aliphatic heterocycles. The maximum atomic E-state index is 6.25. The van der Waals surface area contributed by atoms with E-state index in [9.17, 15) is 0 Å². The van der Waals surface area contributed by atoms with Crippen molar-refractivity contribution in [3.05, 3.63) is 59.9 Å². The van der Waals surface area contributed by atoms with Crippen molar-refractivity contribution in [3.63, 3.8) is 0 Å². The standard InChI is InChI=1S/C20H27N3O.ClH/c1-20(2)15-23(12-10-19(20)21)13-16-7-3-4-9-18(16)24-14-17-8-5-6-11-22-17;/h3-9,11,19H,10,12-15,21H2,1-2H3;1H. The van der Waals surface area contributed by atoms with Crippen molar-refractivity contribution >= 4 is 12.4 Å². The van der Waals surface area contributed by atoms with Crippen LogP contribution in [0.25, 0.3) is 0 Å². The van der Waals surface area contributed by atoms with Crippen LogP contribution in [0.1, 0.15) is 31.5 Å². The molecule has 5 heteroatoms. The first kappa shape index (κ1) is 19.7. The number of rotatable bonds is 5. The molecule has 1 aromatic heterocycles. The van der Waals surface area contributed by atoms with Crippen LogP contribution >= 0.6 is 12.4 Å². The van der Waals surface area contributed by atoms with Crippen LogP contribution in [0.2, 0.25) is 0 Å². The highest BCUT2D eigenvalue weighted by molar-refractivity contribution is 5.85.